The zero-order valence-electron chi connectivity index (χ0n) is 21.2. The Kier molecular flexibility index (Phi) is 14.7. The lowest BCUT2D eigenvalue weighted by Gasteiger charge is -2.48. The quantitative estimate of drug-likeness (QED) is 0.236. The molecule has 0 aromatic heterocycles. The molecule has 1 heterocycles. The number of ether oxygens (including phenoxy) is 3. The van der Waals surface area contributed by atoms with Crippen LogP contribution in [-0.4, -0.2) is 52.7 Å². The number of rotatable bonds is 15. The molecule has 1 aliphatic rings. The van der Waals surface area contributed by atoms with Crippen LogP contribution in [0.3, 0.4) is 0 Å². The third-order valence-electron chi connectivity index (χ3n) is 5.50. The predicted octanol–water partition coefficient (Wildman–Crippen LogP) is 7.42. The van der Waals surface area contributed by atoms with Crippen molar-refractivity contribution in [3.05, 3.63) is 0 Å². The van der Waals surface area contributed by atoms with E-state index in [-0.39, 0.29) is 30.7 Å². The summed E-state index contributed by atoms with van der Waals surface area (Å²) in [6, 6.07) is 0. The van der Waals surface area contributed by atoms with Gasteiger partial charge in [-0.15, -0.1) is 0 Å². The second kappa shape index (κ2) is 15.4. The van der Waals surface area contributed by atoms with E-state index in [1.54, 1.807) is 0 Å². The molecule has 1 saturated heterocycles. The molecule has 0 aliphatic carbocycles. The van der Waals surface area contributed by atoms with Crippen molar-refractivity contribution in [3.8, 4) is 0 Å². The maximum Gasteiger partial charge on any atom is 0.161 e. The molecule has 0 saturated carbocycles. The van der Waals surface area contributed by atoms with Crippen LogP contribution in [-0.2, 0) is 14.2 Å². The van der Waals surface area contributed by atoms with Crippen LogP contribution in [0.25, 0.3) is 0 Å². The molecule has 0 amide bonds. The van der Waals surface area contributed by atoms with E-state index < -0.39 is 0 Å². The van der Waals surface area contributed by atoms with E-state index in [0.29, 0.717) is 22.3 Å². The summed E-state index contributed by atoms with van der Waals surface area (Å²) in [6.45, 7) is 19.9. The van der Waals surface area contributed by atoms with Crippen LogP contribution >= 0.6 is 23.5 Å². The van der Waals surface area contributed by atoms with Gasteiger partial charge in [0.15, 0.2) is 6.29 Å². The fourth-order valence-corrected chi connectivity index (χ4v) is 5.92. The summed E-state index contributed by atoms with van der Waals surface area (Å²) in [7, 11) is 0. The molecule has 0 aromatic rings. The van der Waals surface area contributed by atoms with Gasteiger partial charge in [-0.1, -0.05) is 34.6 Å². The minimum Gasteiger partial charge on any atom is -0.373 e. The molecule has 3 unspecified atom stereocenters. The Balaban J connectivity index is 2.99. The van der Waals surface area contributed by atoms with Gasteiger partial charge in [-0.05, 0) is 87.7 Å². The van der Waals surface area contributed by atoms with Crippen LogP contribution < -0.4 is 0 Å². The van der Waals surface area contributed by atoms with Crippen LogP contribution in [0, 0.1) is 11.8 Å². The summed E-state index contributed by atoms with van der Waals surface area (Å²) in [5.41, 5.74) is 0. The number of hydrogen-bond donors (Lipinski definition) is 0. The third kappa shape index (κ3) is 10.9. The van der Waals surface area contributed by atoms with E-state index in [2.05, 4.69) is 85.8 Å². The Labute approximate surface area is 196 Å². The number of hydrogen-bond acceptors (Lipinski definition) is 5. The first-order valence-electron chi connectivity index (χ1n) is 12.3. The van der Waals surface area contributed by atoms with Gasteiger partial charge in [-0.25, -0.2) is 0 Å². The first kappa shape index (κ1) is 28.6. The van der Waals surface area contributed by atoms with Crippen molar-refractivity contribution in [3.63, 3.8) is 0 Å². The van der Waals surface area contributed by atoms with Crippen molar-refractivity contribution in [2.24, 2.45) is 11.8 Å². The Morgan fingerprint density at radius 2 is 1.23 bits per heavy atom. The summed E-state index contributed by atoms with van der Waals surface area (Å²) in [6.07, 6.45) is 6.40. The minimum absolute atomic E-state index is 0.103. The summed E-state index contributed by atoms with van der Waals surface area (Å²) in [5, 5.41) is 1.40. The standard InChI is InChI=1S/C25H50O3S2/c1-10-23-24(26-17(2)3)21(13-11-15-29-19(6)7)22(14-12-16-30-20(8)9)25(28-23)27-18(4)5/h17-25H,10-16H2,1-9H3/t21?,22?,23?,24-,25-/m0/s1. The average molecular weight is 463 g/mol. The van der Waals surface area contributed by atoms with Crippen LogP contribution in [0.15, 0.2) is 0 Å². The van der Waals surface area contributed by atoms with E-state index in [4.69, 9.17) is 14.2 Å². The molecule has 0 bridgehead atoms. The lowest BCUT2D eigenvalue weighted by Crippen LogP contribution is -2.54. The highest BCUT2D eigenvalue weighted by molar-refractivity contribution is 8.00. The van der Waals surface area contributed by atoms with Gasteiger partial charge in [0.2, 0.25) is 0 Å². The van der Waals surface area contributed by atoms with Crippen molar-refractivity contribution >= 4 is 23.5 Å². The van der Waals surface area contributed by atoms with Crippen LogP contribution in [0.4, 0.5) is 0 Å². The van der Waals surface area contributed by atoms with Gasteiger partial charge >= 0.3 is 0 Å². The lowest BCUT2D eigenvalue weighted by molar-refractivity contribution is -0.291. The average Bonchev–Trinajstić information content (AvgIpc) is 2.63. The van der Waals surface area contributed by atoms with E-state index in [9.17, 15) is 0 Å². The highest BCUT2D eigenvalue weighted by Gasteiger charge is 2.46. The first-order valence-corrected chi connectivity index (χ1v) is 14.4. The topological polar surface area (TPSA) is 27.7 Å². The molecular weight excluding hydrogens is 412 g/mol. The Bertz CT molecular complexity index is 429. The Morgan fingerprint density at radius 1 is 0.733 bits per heavy atom. The van der Waals surface area contributed by atoms with Gasteiger partial charge in [0.1, 0.15) is 0 Å². The van der Waals surface area contributed by atoms with Crippen LogP contribution in [0.1, 0.15) is 94.4 Å². The second-order valence-electron chi connectivity index (χ2n) is 9.74. The molecule has 30 heavy (non-hydrogen) atoms. The van der Waals surface area contributed by atoms with Crippen molar-refractivity contribution in [1.82, 2.24) is 0 Å². The monoisotopic (exact) mass is 462 g/mol. The summed E-state index contributed by atoms with van der Waals surface area (Å²) in [4.78, 5) is 0. The fraction of sp³-hybridized carbons (Fsp3) is 1.00. The highest BCUT2D eigenvalue weighted by Crippen LogP contribution is 2.41. The van der Waals surface area contributed by atoms with Gasteiger partial charge in [0, 0.05) is 5.92 Å². The Hall–Kier alpha value is 0.580. The second-order valence-corrected chi connectivity index (χ2v) is 13.1. The maximum atomic E-state index is 6.57. The molecule has 5 heteroatoms. The molecule has 0 spiro atoms. The van der Waals surface area contributed by atoms with Crippen molar-refractivity contribution in [1.29, 1.82) is 0 Å². The largest absolute Gasteiger partial charge is 0.373 e. The summed E-state index contributed by atoms with van der Waals surface area (Å²) >= 11 is 4.13. The lowest BCUT2D eigenvalue weighted by atomic mass is 9.76. The third-order valence-corrected chi connectivity index (χ3v) is 7.88. The molecule has 180 valence electrons. The first-order chi connectivity index (χ1) is 14.1. The summed E-state index contributed by atoms with van der Waals surface area (Å²) < 4.78 is 19.4. The van der Waals surface area contributed by atoms with Crippen LogP contribution in [0.5, 0.6) is 0 Å². The maximum absolute atomic E-state index is 6.57. The molecule has 0 N–H and O–H groups in total. The molecule has 1 rings (SSSR count). The number of thioether (sulfide) groups is 2. The van der Waals surface area contributed by atoms with Crippen molar-refractivity contribution < 1.29 is 14.2 Å². The molecular formula is C25H50O3S2. The van der Waals surface area contributed by atoms with Gasteiger partial charge < -0.3 is 14.2 Å². The van der Waals surface area contributed by atoms with E-state index in [0.717, 1.165) is 12.8 Å². The van der Waals surface area contributed by atoms with Crippen molar-refractivity contribution in [2.75, 3.05) is 11.5 Å². The molecule has 1 aliphatic heterocycles. The van der Waals surface area contributed by atoms with Gasteiger partial charge in [-0.2, -0.15) is 23.5 Å². The van der Waals surface area contributed by atoms with E-state index in [1.807, 2.05) is 0 Å². The SMILES string of the molecule is CCC1O[C@H](OC(C)C)C(CCCSC(C)C)C(CCCSC(C)C)[C@@H]1OC(C)C. The van der Waals surface area contributed by atoms with Gasteiger partial charge in [0.25, 0.3) is 0 Å². The fourth-order valence-electron chi connectivity index (χ4n) is 4.31. The highest BCUT2D eigenvalue weighted by atomic mass is 32.2. The minimum atomic E-state index is -0.103. The molecule has 3 nitrogen and oxygen atoms in total. The van der Waals surface area contributed by atoms with Crippen LogP contribution in [0.2, 0.25) is 0 Å². The molecule has 0 radical (unpaired) electrons. The zero-order chi connectivity index (χ0) is 22.7. The van der Waals surface area contributed by atoms with Crippen molar-refractivity contribution in [2.45, 2.75) is 136 Å². The normalized spacial score (nSPS) is 27.7. The summed E-state index contributed by atoms with van der Waals surface area (Å²) in [5.74, 6) is 3.36. The van der Waals surface area contributed by atoms with E-state index >= 15 is 0 Å². The predicted molar refractivity (Wildman–Crippen MR) is 136 cm³/mol. The molecule has 0 aromatic carbocycles. The Morgan fingerprint density at radius 3 is 1.67 bits per heavy atom. The van der Waals surface area contributed by atoms with Gasteiger partial charge in [0.05, 0.1) is 24.4 Å². The smallest absolute Gasteiger partial charge is 0.161 e. The zero-order valence-corrected chi connectivity index (χ0v) is 22.8. The van der Waals surface area contributed by atoms with E-state index in [1.165, 1.54) is 30.8 Å². The molecule has 5 atom stereocenters. The van der Waals surface area contributed by atoms with Gasteiger partial charge in [-0.3, -0.25) is 0 Å². The molecule has 1 fully saturated rings.